The van der Waals surface area contributed by atoms with Crippen LogP contribution in [-0.2, 0) is 9.59 Å². The largest absolute Gasteiger partial charge is 0.481 e. The first kappa shape index (κ1) is 15.5. The highest BCUT2D eigenvalue weighted by molar-refractivity contribution is 5.88. The minimum Gasteiger partial charge on any atom is -0.481 e. The van der Waals surface area contributed by atoms with Gasteiger partial charge in [0.1, 0.15) is 0 Å². The van der Waals surface area contributed by atoms with Crippen molar-refractivity contribution in [3.05, 3.63) is 34.9 Å². The molecule has 4 nitrogen and oxygen atoms in total. The first-order valence-electron chi connectivity index (χ1n) is 7.25. The summed E-state index contributed by atoms with van der Waals surface area (Å²) in [5.41, 5.74) is 2.79. The summed E-state index contributed by atoms with van der Waals surface area (Å²) in [7, 11) is 0. The maximum atomic E-state index is 12.3. The second-order valence-electron chi connectivity index (χ2n) is 6.87. The molecule has 1 saturated heterocycles. The minimum atomic E-state index is -0.904. The molecule has 1 N–H and O–H groups in total. The second kappa shape index (κ2) is 5.17. The SMILES string of the molecule is Cc1ccc(C2C(C(=O)O)CC(=O)N2C(C)(C)C)cc1C. The number of carboxylic acids is 1. The van der Waals surface area contributed by atoms with E-state index < -0.39 is 23.5 Å². The Kier molecular flexibility index (Phi) is 3.83. The Bertz CT molecular complexity index is 586. The molecule has 2 atom stereocenters. The van der Waals surface area contributed by atoms with E-state index in [-0.39, 0.29) is 12.3 Å². The zero-order chi connectivity index (χ0) is 15.9. The number of amides is 1. The van der Waals surface area contributed by atoms with E-state index in [0.717, 1.165) is 16.7 Å². The van der Waals surface area contributed by atoms with E-state index in [0.29, 0.717) is 0 Å². The number of likely N-dealkylation sites (tertiary alicyclic amines) is 1. The summed E-state index contributed by atoms with van der Waals surface area (Å²) in [5.74, 6) is -1.67. The fourth-order valence-electron chi connectivity index (χ4n) is 3.08. The summed E-state index contributed by atoms with van der Waals surface area (Å²) in [6, 6.07) is 5.55. The molecule has 0 radical (unpaired) electrons. The minimum absolute atomic E-state index is 0.0736. The standard InChI is InChI=1S/C17H23NO3/c1-10-6-7-12(8-11(10)2)15-13(16(20)21)9-14(19)18(15)17(3,4)5/h6-8,13,15H,9H2,1-5H3,(H,20,21). The number of carboxylic acid groups (broad SMARTS) is 1. The molecule has 1 aliphatic rings. The van der Waals surface area contributed by atoms with Crippen LogP contribution >= 0.6 is 0 Å². The summed E-state index contributed by atoms with van der Waals surface area (Å²) in [5, 5.41) is 9.49. The van der Waals surface area contributed by atoms with Crippen molar-refractivity contribution in [1.29, 1.82) is 0 Å². The molecule has 1 fully saturated rings. The molecule has 1 heterocycles. The van der Waals surface area contributed by atoms with Crippen LogP contribution in [-0.4, -0.2) is 27.4 Å². The summed E-state index contributed by atoms with van der Waals surface area (Å²) in [6.07, 6.45) is 0.0736. The van der Waals surface area contributed by atoms with Crippen molar-refractivity contribution in [3.63, 3.8) is 0 Å². The van der Waals surface area contributed by atoms with Gasteiger partial charge in [-0.1, -0.05) is 18.2 Å². The molecule has 2 unspecified atom stereocenters. The summed E-state index contributed by atoms with van der Waals surface area (Å²) in [4.78, 5) is 25.6. The van der Waals surface area contributed by atoms with Gasteiger partial charge in [-0.2, -0.15) is 0 Å². The van der Waals surface area contributed by atoms with Crippen LogP contribution in [0.3, 0.4) is 0 Å². The number of aryl methyl sites for hydroxylation is 2. The molecule has 21 heavy (non-hydrogen) atoms. The molecule has 1 amide bonds. The van der Waals surface area contributed by atoms with Gasteiger partial charge in [-0.3, -0.25) is 9.59 Å². The summed E-state index contributed by atoms with van der Waals surface area (Å²) in [6.45, 7) is 9.87. The first-order chi connectivity index (χ1) is 9.62. The third kappa shape index (κ3) is 2.80. The van der Waals surface area contributed by atoms with Gasteiger partial charge in [0.05, 0.1) is 12.0 Å². The number of hydrogen-bond donors (Lipinski definition) is 1. The van der Waals surface area contributed by atoms with Gasteiger partial charge < -0.3 is 10.0 Å². The molecule has 0 saturated carbocycles. The Morgan fingerprint density at radius 2 is 1.86 bits per heavy atom. The topological polar surface area (TPSA) is 57.6 Å². The number of nitrogens with zero attached hydrogens (tertiary/aromatic N) is 1. The van der Waals surface area contributed by atoms with Gasteiger partial charge in [0.2, 0.25) is 5.91 Å². The molecule has 0 spiro atoms. The predicted octanol–water partition coefficient (Wildman–Crippen LogP) is 3.08. The average molecular weight is 289 g/mol. The summed E-state index contributed by atoms with van der Waals surface area (Å²) >= 11 is 0. The molecule has 2 rings (SSSR count). The van der Waals surface area contributed by atoms with E-state index in [1.807, 2.05) is 52.8 Å². The molecular weight excluding hydrogens is 266 g/mol. The molecule has 0 aliphatic carbocycles. The van der Waals surface area contributed by atoms with Crippen molar-refractivity contribution in [3.8, 4) is 0 Å². The molecule has 0 aromatic heterocycles. The van der Waals surface area contributed by atoms with Gasteiger partial charge in [-0.05, 0) is 51.3 Å². The van der Waals surface area contributed by atoms with E-state index in [2.05, 4.69) is 0 Å². The Morgan fingerprint density at radius 3 is 2.33 bits per heavy atom. The van der Waals surface area contributed by atoms with Gasteiger partial charge in [-0.25, -0.2) is 0 Å². The monoisotopic (exact) mass is 289 g/mol. The lowest BCUT2D eigenvalue weighted by Gasteiger charge is -2.38. The quantitative estimate of drug-likeness (QED) is 0.910. The lowest BCUT2D eigenvalue weighted by molar-refractivity contribution is -0.142. The van der Waals surface area contributed by atoms with Gasteiger partial charge in [0.25, 0.3) is 0 Å². The predicted molar refractivity (Wildman–Crippen MR) is 81.0 cm³/mol. The van der Waals surface area contributed by atoms with Crippen molar-refractivity contribution >= 4 is 11.9 Å². The normalized spacial score (nSPS) is 22.7. The number of hydrogen-bond acceptors (Lipinski definition) is 2. The molecule has 1 aliphatic heterocycles. The summed E-state index contributed by atoms with van der Waals surface area (Å²) < 4.78 is 0. The Balaban J connectivity index is 2.54. The fourth-order valence-corrected chi connectivity index (χ4v) is 3.08. The van der Waals surface area contributed by atoms with Gasteiger partial charge in [0, 0.05) is 12.0 Å². The van der Waals surface area contributed by atoms with E-state index >= 15 is 0 Å². The molecule has 1 aromatic carbocycles. The number of rotatable bonds is 2. The van der Waals surface area contributed by atoms with Crippen LogP contribution in [0.1, 0.15) is 49.9 Å². The number of aliphatic carboxylic acids is 1. The van der Waals surface area contributed by atoms with Crippen LogP contribution in [0.25, 0.3) is 0 Å². The molecule has 0 bridgehead atoms. The van der Waals surface area contributed by atoms with E-state index in [1.54, 1.807) is 4.90 Å². The van der Waals surface area contributed by atoms with Gasteiger partial charge in [0.15, 0.2) is 0 Å². The van der Waals surface area contributed by atoms with Crippen LogP contribution < -0.4 is 0 Å². The zero-order valence-electron chi connectivity index (χ0n) is 13.3. The lowest BCUT2D eigenvalue weighted by Crippen LogP contribution is -2.44. The Morgan fingerprint density at radius 1 is 1.24 bits per heavy atom. The van der Waals surface area contributed by atoms with Crippen LogP contribution in [0.2, 0.25) is 0 Å². The highest BCUT2D eigenvalue weighted by Gasteiger charge is 2.48. The van der Waals surface area contributed by atoms with Crippen molar-refractivity contribution in [2.24, 2.45) is 5.92 Å². The van der Waals surface area contributed by atoms with E-state index in [1.165, 1.54) is 0 Å². The van der Waals surface area contributed by atoms with Crippen LogP contribution in [0.15, 0.2) is 18.2 Å². The van der Waals surface area contributed by atoms with E-state index in [4.69, 9.17) is 0 Å². The Labute approximate surface area is 125 Å². The van der Waals surface area contributed by atoms with Crippen LogP contribution in [0.5, 0.6) is 0 Å². The van der Waals surface area contributed by atoms with E-state index in [9.17, 15) is 14.7 Å². The number of carbonyl (C=O) groups excluding carboxylic acids is 1. The maximum absolute atomic E-state index is 12.3. The zero-order valence-corrected chi connectivity index (χ0v) is 13.3. The molecule has 1 aromatic rings. The van der Waals surface area contributed by atoms with Crippen molar-refractivity contribution in [2.45, 2.75) is 52.6 Å². The molecular formula is C17H23NO3. The maximum Gasteiger partial charge on any atom is 0.309 e. The van der Waals surface area contributed by atoms with Crippen molar-refractivity contribution in [2.75, 3.05) is 0 Å². The molecule has 114 valence electrons. The number of carbonyl (C=O) groups is 2. The van der Waals surface area contributed by atoms with Gasteiger partial charge in [-0.15, -0.1) is 0 Å². The van der Waals surface area contributed by atoms with Crippen molar-refractivity contribution in [1.82, 2.24) is 4.90 Å². The van der Waals surface area contributed by atoms with Gasteiger partial charge >= 0.3 is 5.97 Å². The third-order valence-corrected chi connectivity index (χ3v) is 4.23. The second-order valence-corrected chi connectivity index (χ2v) is 6.87. The van der Waals surface area contributed by atoms with Crippen LogP contribution in [0, 0.1) is 19.8 Å². The highest BCUT2D eigenvalue weighted by Crippen LogP contribution is 2.42. The smallest absolute Gasteiger partial charge is 0.309 e. The first-order valence-corrected chi connectivity index (χ1v) is 7.25. The lowest BCUT2D eigenvalue weighted by atomic mass is 9.90. The molecule has 4 heteroatoms. The average Bonchev–Trinajstić information content (AvgIpc) is 2.70. The Hall–Kier alpha value is -1.84. The number of benzene rings is 1. The van der Waals surface area contributed by atoms with Crippen LogP contribution in [0.4, 0.5) is 0 Å². The van der Waals surface area contributed by atoms with Crippen molar-refractivity contribution < 1.29 is 14.7 Å². The third-order valence-electron chi connectivity index (χ3n) is 4.23. The highest BCUT2D eigenvalue weighted by atomic mass is 16.4. The fraction of sp³-hybridized carbons (Fsp3) is 0.529.